The number of hydrogen-bond acceptors (Lipinski definition) is 6. The average Bonchev–Trinajstić information content (AvgIpc) is 3.28. The molecule has 0 fully saturated rings. The summed E-state index contributed by atoms with van der Waals surface area (Å²) >= 11 is 0. The number of fused-ring (bicyclic) bond motifs is 2. The quantitative estimate of drug-likeness (QED) is 0.506. The Morgan fingerprint density at radius 3 is 2.77 bits per heavy atom. The van der Waals surface area contributed by atoms with Gasteiger partial charge in [-0.05, 0) is 50.1 Å². The zero-order valence-electron chi connectivity index (χ0n) is 17.7. The van der Waals surface area contributed by atoms with E-state index in [-0.39, 0.29) is 24.0 Å². The summed E-state index contributed by atoms with van der Waals surface area (Å²) in [5.74, 6) is 1.09. The predicted molar refractivity (Wildman–Crippen MR) is 123 cm³/mol. The van der Waals surface area contributed by atoms with Gasteiger partial charge in [-0.1, -0.05) is 6.07 Å². The van der Waals surface area contributed by atoms with Gasteiger partial charge in [-0.2, -0.15) is 10.1 Å². The van der Waals surface area contributed by atoms with E-state index in [0.29, 0.717) is 22.8 Å². The third-order valence-corrected chi connectivity index (χ3v) is 5.38. The molecule has 9 nitrogen and oxygen atoms in total. The van der Waals surface area contributed by atoms with Crippen LogP contribution in [0.2, 0.25) is 0 Å². The van der Waals surface area contributed by atoms with Gasteiger partial charge >= 0.3 is 0 Å². The van der Waals surface area contributed by atoms with E-state index < -0.39 is 0 Å². The topological polar surface area (TPSA) is 94.6 Å². The minimum Gasteiger partial charge on any atom is -0.324 e. The number of aryl methyl sites for hydroxylation is 1. The van der Waals surface area contributed by atoms with Gasteiger partial charge in [0.05, 0.1) is 0 Å². The molecular formula is C21H25ClN8O. The second kappa shape index (κ2) is 8.16. The van der Waals surface area contributed by atoms with Crippen molar-refractivity contribution in [1.29, 1.82) is 0 Å². The summed E-state index contributed by atoms with van der Waals surface area (Å²) in [4.78, 5) is 22.1. The van der Waals surface area contributed by atoms with Crippen LogP contribution in [0.4, 0.5) is 11.6 Å². The van der Waals surface area contributed by atoms with Gasteiger partial charge in [0.2, 0.25) is 5.95 Å². The highest BCUT2D eigenvalue weighted by molar-refractivity contribution is 5.85. The lowest BCUT2D eigenvalue weighted by Gasteiger charge is -2.18. The first-order chi connectivity index (χ1) is 14.5. The molecule has 0 spiro atoms. The number of rotatable bonds is 4. The lowest BCUT2D eigenvalue weighted by atomic mass is 10.0. The Labute approximate surface area is 185 Å². The molecule has 4 aromatic rings. The zero-order chi connectivity index (χ0) is 20.8. The smallest absolute Gasteiger partial charge is 0.278 e. The molecule has 1 aromatic carbocycles. The Balaban J connectivity index is 0.00000231. The summed E-state index contributed by atoms with van der Waals surface area (Å²) in [6, 6.07) is 8.12. The van der Waals surface area contributed by atoms with Gasteiger partial charge in [0.25, 0.3) is 5.56 Å². The molecule has 10 heteroatoms. The first-order valence-corrected chi connectivity index (χ1v) is 10.1. The molecule has 0 saturated carbocycles. The molecule has 4 heterocycles. The van der Waals surface area contributed by atoms with Gasteiger partial charge in [0.15, 0.2) is 11.5 Å². The van der Waals surface area contributed by atoms with Gasteiger partial charge < -0.3 is 10.6 Å². The molecule has 162 valence electrons. The monoisotopic (exact) mass is 440 g/mol. The molecule has 0 radical (unpaired) electrons. The highest BCUT2D eigenvalue weighted by Gasteiger charge is 2.20. The van der Waals surface area contributed by atoms with E-state index in [2.05, 4.69) is 32.8 Å². The molecule has 3 aromatic heterocycles. The minimum absolute atomic E-state index is 0. The van der Waals surface area contributed by atoms with Crippen LogP contribution in [-0.4, -0.2) is 35.7 Å². The second-order valence-corrected chi connectivity index (χ2v) is 7.87. The largest absolute Gasteiger partial charge is 0.324 e. The van der Waals surface area contributed by atoms with Crippen molar-refractivity contribution in [2.45, 2.75) is 32.9 Å². The van der Waals surface area contributed by atoms with Crippen LogP contribution in [0, 0.1) is 0 Å². The van der Waals surface area contributed by atoms with Crippen LogP contribution in [0.15, 0.2) is 41.5 Å². The fraction of sp³-hybridized carbons (Fsp3) is 0.333. The first kappa shape index (κ1) is 21.1. The Morgan fingerprint density at radius 2 is 2.03 bits per heavy atom. The van der Waals surface area contributed by atoms with Crippen molar-refractivity contribution >= 4 is 35.1 Å². The van der Waals surface area contributed by atoms with Crippen molar-refractivity contribution in [3.63, 3.8) is 0 Å². The second-order valence-electron chi connectivity index (χ2n) is 7.87. The fourth-order valence-corrected chi connectivity index (χ4v) is 3.95. The Hall–Kier alpha value is -3.17. The molecule has 31 heavy (non-hydrogen) atoms. The van der Waals surface area contributed by atoms with Crippen molar-refractivity contribution in [1.82, 2.24) is 34.4 Å². The third kappa shape index (κ3) is 3.70. The highest BCUT2D eigenvalue weighted by atomic mass is 35.5. The standard InChI is InChI=1S/C21H24N8O.ClH/c1-13(2)28-20(30)17-12-23-21(25-19(17)29(28)18-7-9-27(3)26-18)24-16-5-4-15-11-22-8-6-14(15)10-16;/h4-5,7,9-10,12-13,22H,6,8,11H2,1-3H3,(H,23,24,25);1H. The maximum Gasteiger partial charge on any atom is 0.278 e. The lowest BCUT2D eigenvalue weighted by Crippen LogP contribution is -2.24. The maximum absolute atomic E-state index is 13.0. The normalized spacial score (nSPS) is 13.3. The summed E-state index contributed by atoms with van der Waals surface area (Å²) < 4.78 is 5.14. The number of halogens is 1. The molecule has 0 amide bonds. The molecule has 1 aliphatic heterocycles. The molecule has 2 N–H and O–H groups in total. The molecule has 0 saturated heterocycles. The number of anilines is 2. The first-order valence-electron chi connectivity index (χ1n) is 10.1. The van der Waals surface area contributed by atoms with Gasteiger partial charge in [-0.25, -0.2) is 14.3 Å². The van der Waals surface area contributed by atoms with E-state index in [1.165, 1.54) is 11.1 Å². The van der Waals surface area contributed by atoms with Crippen molar-refractivity contribution in [3.8, 4) is 5.82 Å². The molecule has 0 aliphatic carbocycles. The Morgan fingerprint density at radius 1 is 1.19 bits per heavy atom. The number of benzene rings is 1. The Kier molecular flexibility index (Phi) is 5.55. The summed E-state index contributed by atoms with van der Waals surface area (Å²) in [5.41, 5.74) is 3.99. The van der Waals surface area contributed by atoms with E-state index in [1.54, 1.807) is 20.2 Å². The van der Waals surface area contributed by atoms with E-state index in [4.69, 9.17) is 4.98 Å². The minimum atomic E-state index is -0.126. The molecule has 0 atom stereocenters. The lowest BCUT2D eigenvalue weighted by molar-refractivity contribution is 0.469. The molecular weight excluding hydrogens is 416 g/mol. The number of aromatic nitrogens is 6. The fourth-order valence-electron chi connectivity index (χ4n) is 3.95. The molecule has 0 bridgehead atoms. The summed E-state index contributed by atoms with van der Waals surface area (Å²) in [6.07, 6.45) is 4.44. The zero-order valence-corrected chi connectivity index (χ0v) is 18.5. The maximum atomic E-state index is 13.0. The van der Waals surface area contributed by atoms with Crippen LogP contribution in [0.1, 0.15) is 31.0 Å². The van der Waals surface area contributed by atoms with Crippen LogP contribution in [0.5, 0.6) is 0 Å². The van der Waals surface area contributed by atoms with Gasteiger partial charge in [0.1, 0.15) is 5.39 Å². The molecule has 1 aliphatic rings. The summed E-state index contributed by atoms with van der Waals surface area (Å²) in [7, 11) is 1.85. The van der Waals surface area contributed by atoms with Crippen molar-refractivity contribution in [2.75, 3.05) is 11.9 Å². The summed E-state index contributed by atoms with van der Waals surface area (Å²) in [5, 5.41) is 11.6. The van der Waals surface area contributed by atoms with Gasteiger partial charge in [-0.15, -0.1) is 12.4 Å². The van der Waals surface area contributed by atoms with Crippen LogP contribution in [-0.2, 0) is 20.0 Å². The van der Waals surface area contributed by atoms with Crippen molar-refractivity contribution in [2.24, 2.45) is 7.05 Å². The molecule has 0 unspecified atom stereocenters. The SMILES string of the molecule is CC(C)n1c(=O)c2cnc(Nc3ccc4c(c3)CCNC4)nc2n1-c1ccn(C)n1.Cl. The van der Waals surface area contributed by atoms with E-state index >= 15 is 0 Å². The van der Waals surface area contributed by atoms with Gasteiger partial charge in [-0.3, -0.25) is 9.48 Å². The average molecular weight is 441 g/mol. The Bertz CT molecular complexity index is 1300. The van der Waals surface area contributed by atoms with E-state index in [0.717, 1.165) is 25.2 Å². The van der Waals surface area contributed by atoms with Crippen molar-refractivity contribution < 1.29 is 0 Å². The number of nitrogens with zero attached hydrogens (tertiary/aromatic N) is 6. The number of hydrogen-bond donors (Lipinski definition) is 2. The third-order valence-electron chi connectivity index (χ3n) is 5.38. The van der Waals surface area contributed by atoms with Crippen LogP contribution in [0.25, 0.3) is 16.9 Å². The van der Waals surface area contributed by atoms with Crippen LogP contribution in [0.3, 0.4) is 0 Å². The van der Waals surface area contributed by atoms with E-state index in [1.807, 2.05) is 39.2 Å². The van der Waals surface area contributed by atoms with E-state index in [9.17, 15) is 4.79 Å². The summed E-state index contributed by atoms with van der Waals surface area (Å²) in [6.45, 7) is 5.82. The van der Waals surface area contributed by atoms with Crippen molar-refractivity contribution in [3.05, 3.63) is 58.1 Å². The predicted octanol–water partition coefficient (Wildman–Crippen LogP) is 2.71. The van der Waals surface area contributed by atoms with Gasteiger partial charge in [0, 0.05) is 43.8 Å². The highest BCUT2D eigenvalue weighted by Crippen LogP contribution is 2.23. The van der Waals surface area contributed by atoms with Crippen LogP contribution >= 0.6 is 12.4 Å². The number of nitrogens with one attached hydrogen (secondary N) is 2. The van der Waals surface area contributed by atoms with Crippen LogP contribution < -0.4 is 16.2 Å². The molecule has 5 rings (SSSR count).